The quantitative estimate of drug-likeness (QED) is 0.571. The Morgan fingerprint density at radius 3 is 2.30 bits per heavy atom. The van der Waals surface area contributed by atoms with E-state index < -0.39 is 0 Å². The number of nitrogens with one attached hydrogen (secondary N) is 3. The van der Waals surface area contributed by atoms with Crippen LogP contribution in [0.5, 0.6) is 0 Å². The van der Waals surface area contributed by atoms with Crippen LogP contribution in [0.2, 0.25) is 15.1 Å². The van der Waals surface area contributed by atoms with Gasteiger partial charge in [0.25, 0.3) is 5.91 Å². The number of amides is 2. The third kappa shape index (κ3) is 6.61. The molecule has 3 N–H and O–H groups in total. The minimum Gasteiger partial charge on any atom is -0.375 e. The van der Waals surface area contributed by atoms with Gasteiger partial charge >= 0.3 is 0 Å². The van der Waals surface area contributed by atoms with Crippen molar-refractivity contribution in [1.29, 1.82) is 0 Å². The molecule has 144 valence electrons. The van der Waals surface area contributed by atoms with Crippen molar-refractivity contribution in [2.24, 2.45) is 0 Å². The van der Waals surface area contributed by atoms with E-state index in [1.54, 1.807) is 30.3 Å². The van der Waals surface area contributed by atoms with Gasteiger partial charge in [-0.2, -0.15) is 0 Å². The van der Waals surface area contributed by atoms with Gasteiger partial charge < -0.3 is 16.0 Å². The van der Waals surface area contributed by atoms with Gasteiger partial charge in [-0.05, 0) is 51.1 Å². The summed E-state index contributed by atoms with van der Waals surface area (Å²) in [5.41, 5.74) is 1.13. The Morgan fingerprint density at radius 1 is 0.963 bits per heavy atom. The molecule has 0 unspecified atom stereocenters. The molecule has 8 heteroatoms. The van der Waals surface area contributed by atoms with Gasteiger partial charge in [0.05, 0.1) is 27.3 Å². The molecule has 0 heterocycles. The number of hydrogen-bond acceptors (Lipinski definition) is 3. The van der Waals surface area contributed by atoms with Crippen molar-refractivity contribution in [2.45, 2.75) is 26.3 Å². The summed E-state index contributed by atoms with van der Waals surface area (Å²) in [6.45, 7) is 5.67. The molecule has 0 fully saturated rings. The maximum atomic E-state index is 12.2. The zero-order chi connectivity index (χ0) is 20.2. The number of benzene rings is 2. The van der Waals surface area contributed by atoms with E-state index in [4.69, 9.17) is 34.8 Å². The smallest absolute Gasteiger partial charge is 0.251 e. The van der Waals surface area contributed by atoms with Gasteiger partial charge in [-0.15, -0.1) is 0 Å². The molecule has 0 spiro atoms. The highest BCUT2D eigenvalue weighted by molar-refractivity contribution is 6.44. The standard InChI is InChI=1S/C19H20Cl3N3O2/c1-19(2,3)25-18(27)11-5-4-6-12(7-11)24-17(26)10-23-16-9-14(21)13(20)8-15(16)22/h4-9,23H,10H2,1-3H3,(H,24,26)(H,25,27). The zero-order valence-electron chi connectivity index (χ0n) is 15.1. The zero-order valence-corrected chi connectivity index (χ0v) is 17.4. The predicted molar refractivity (Wildman–Crippen MR) is 112 cm³/mol. The van der Waals surface area contributed by atoms with Crippen LogP contribution in [0.4, 0.5) is 11.4 Å². The fourth-order valence-corrected chi connectivity index (χ4v) is 2.80. The lowest BCUT2D eigenvalue weighted by Gasteiger charge is -2.20. The molecule has 27 heavy (non-hydrogen) atoms. The second-order valence-electron chi connectivity index (χ2n) is 6.93. The van der Waals surface area contributed by atoms with Crippen LogP contribution in [0.25, 0.3) is 0 Å². The third-order valence-electron chi connectivity index (χ3n) is 3.35. The molecule has 2 amide bonds. The summed E-state index contributed by atoms with van der Waals surface area (Å²) in [7, 11) is 0. The Balaban J connectivity index is 1.99. The van der Waals surface area contributed by atoms with E-state index in [0.29, 0.717) is 32.0 Å². The first-order chi connectivity index (χ1) is 12.5. The molecule has 2 aromatic carbocycles. The first-order valence-corrected chi connectivity index (χ1v) is 9.29. The molecule has 2 aromatic rings. The van der Waals surface area contributed by atoms with Gasteiger partial charge in [0.1, 0.15) is 0 Å². The van der Waals surface area contributed by atoms with Crippen LogP contribution in [0, 0.1) is 0 Å². The van der Waals surface area contributed by atoms with E-state index in [2.05, 4.69) is 16.0 Å². The van der Waals surface area contributed by atoms with Crippen LogP contribution in [-0.4, -0.2) is 23.9 Å². The van der Waals surface area contributed by atoms with Crippen LogP contribution in [0.3, 0.4) is 0 Å². The summed E-state index contributed by atoms with van der Waals surface area (Å²) in [4.78, 5) is 24.4. The minimum atomic E-state index is -0.348. The minimum absolute atomic E-state index is 0.0317. The highest BCUT2D eigenvalue weighted by Gasteiger charge is 2.15. The van der Waals surface area contributed by atoms with E-state index in [9.17, 15) is 9.59 Å². The van der Waals surface area contributed by atoms with Gasteiger partial charge in [-0.1, -0.05) is 40.9 Å². The van der Waals surface area contributed by atoms with Crippen LogP contribution >= 0.6 is 34.8 Å². The molecule has 5 nitrogen and oxygen atoms in total. The Morgan fingerprint density at radius 2 is 1.63 bits per heavy atom. The topological polar surface area (TPSA) is 70.2 Å². The third-order valence-corrected chi connectivity index (χ3v) is 4.38. The van der Waals surface area contributed by atoms with E-state index in [1.165, 1.54) is 6.07 Å². The highest BCUT2D eigenvalue weighted by Crippen LogP contribution is 2.32. The van der Waals surface area contributed by atoms with Crippen molar-refractivity contribution in [3.63, 3.8) is 0 Å². The largest absolute Gasteiger partial charge is 0.375 e. The van der Waals surface area contributed by atoms with Gasteiger partial charge in [-0.25, -0.2) is 0 Å². The second kappa shape index (κ2) is 8.83. The average Bonchev–Trinajstić information content (AvgIpc) is 2.55. The lowest BCUT2D eigenvalue weighted by molar-refractivity contribution is -0.114. The maximum absolute atomic E-state index is 12.2. The SMILES string of the molecule is CC(C)(C)NC(=O)c1cccc(NC(=O)CNc2cc(Cl)c(Cl)cc2Cl)c1. The fourth-order valence-electron chi connectivity index (χ4n) is 2.19. The van der Waals surface area contributed by atoms with Crippen molar-refractivity contribution in [3.05, 3.63) is 57.0 Å². The molecular formula is C19H20Cl3N3O2. The monoisotopic (exact) mass is 427 g/mol. The number of halogens is 3. The van der Waals surface area contributed by atoms with Gasteiger partial charge in [0.15, 0.2) is 0 Å². The first-order valence-electron chi connectivity index (χ1n) is 8.16. The molecule has 0 aliphatic heterocycles. The van der Waals surface area contributed by atoms with E-state index in [0.717, 1.165) is 0 Å². The van der Waals surface area contributed by atoms with Crippen molar-refractivity contribution in [2.75, 3.05) is 17.2 Å². The van der Waals surface area contributed by atoms with Crippen molar-refractivity contribution in [3.8, 4) is 0 Å². The number of carbonyl (C=O) groups excluding carboxylic acids is 2. The Labute approximate surface area is 173 Å². The molecule has 2 rings (SSSR count). The second-order valence-corrected chi connectivity index (χ2v) is 8.15. The molecule has 0 radical (unpaired) electrons. The average molecular weight is 429 g/mol. The Hall–Kier alpha value is -1.95. The van der Waals surface area contributed by atoms with Gasteiger partial charge in [-0.3, -0.25) is 9.59 Å². The number of rotatable bonds is 5. The first kappa shape index (κ1) is 21.4. The molecule has 0 atom stereocenters. The summed E-state index contributed by atoms with van der Waals surface area (Å²) in [6.07, 6.45) is 0. The molecule has 0 bridgehead atoms. The fraction of sp³-hybridized carbons (Fsp3) is 0.263. The molecule has 0 aliphatic carbocycles. The predicted octanol–water partition coefficient (Wildman–Crippen LogP) is 5.23. The molecule has 0 aliphatic rings. The Bertz CT molecular complexity index is 864. The van der Waals surface area contributed by atoms with Crippen molar-refractivity contribution >= 4 is 58.0 Å². The number of carbonyl (C=O) groups is 2. The van der Waals surface area contributed by atoms with E-state index in [-0.39, 0.29) is 23.9 Å². The highest BCUT2D eigenvalue weighted by atomic mass is 35.5. The normalized spacial score (nSPS) is 11.0. The summed E-state index contributed by atoms with van der Waals surface area (Å²) in [6, 6.07) is 9.77. The summed E-state index contributed by atoms with van der Waals surface area (Å²) in [5.74, 6) is -0.509. The van der Waals surface area contributed by atoms with Crippen LogP contribution in [0.15, 0.2) is 36.4 Å². The summed E-state index contributed by atoms with van der Waals surface area (Å²) >= 11 is 17.9. The molecule has 0 saturated heterocycles. The van der Waals surface area contributed by atoms with Crippen LogP contribution in [0.1, 0.15) is 31.1 Å². The molecular weight excluding hydrogens is 409 g/mol. The summed E-state index contributed by atoms with van der Waals surface area (Å²) < 4.78 is 0. The van der Waals surface area contributed by atoms with Crippen molar-refractivity contribution < 1.29 is 9.59 Å². The van der Waals surface area contributed by atoms with Crippen LogP contribution in [-0.2, 0) is 4.79 Å². The van der Waals surface area contributed by atoms with Crippen molar-refractivity contribution in [1.82, 2.24) is 5.32 Å². The summed E-state index contributed by atoms with van der Waals surface area (Å²) in [5, 5.41) is 9.54. The Kier molecular flexibility index (Phi) is 6.98. The van der Waals surface area contributed by atoms with Crippen LogP contribution < -0.4 is 16.0 Å². The molecule has 0 saturated carbocycles. The lowest BCUT2D eigenvalue weighted by Crippen LogP contribution is -2.40. The van der Waals surface area contributed by atoms with E-state index in [1.807, 2.05) is 20.8 Å². The van der Waals surface area contributed by atoms with Gasteiger partial charge in [0.2, 0.25) is 5.91 Å². The number of anilines is 2. The lowest BCUT2D eigenvalue weighted by atomic mass is 10.1. The maximum Gasteiger partial charge on any atom is 0.251 e. The number of hydrogen-bond donors (Lipinski definition) is 3. The van der Waals surface area contributed by atoms with Gasteiger partial charge in [0, 0.05) is 16.8 Å². The van der Waals surface area contributed by atoms with E-state index >= 15 is 0 Å². The molecule has 0 aromatic heterocycles.